The third-order valence-electron chi connectivity index (χ3n) is 49.9. The molecule has 2 amide bonds. The van der Waals surface area contributed by atoms with E-state index in [4.69, 9.17) is 43.7 Å². The number of Topliss-reactive ketones (excluding diaryl/α,β-unsaturated/α-hetero) is 5. The number of aliphatic carboxylic acids is 1. The molecule has 20 aliphatic carbocycles. The molecule has 0 saturated heterocycles. The van der Waals surface area contributed by atoms with Crippen LogP contribution in [0.3, 0.4) is 0 Å². The summed E-state index contributed by atoms with van der Waals surface area (Å²) >= 11 is 6.37. The molecule has 0 spiro atoms. The van der Waals surface area contributed by atoms with Gasteiger partial charge in [-0.05, 0) is 328 Å². The molecular weight excluding hydrogens is 1900 g/mol. The quantitative estimate of drug-likeness (QED) is 0.0605. The van der Waals surface area contributed by atoms with E-state index in [1.165, 1.54) is 0 Å². The van der Waals surface area contributed by atoms with E-state index in [0.29, 0.717) is 38.5 Å². The van der Waals surface area contributed by atoms with Gasteiger partial charge in [-0.25, -0.2) is 29.6 Å². The van der Waals surface area contributed by atoms with Gasteiger partial charge in [0, 0.05) is 77.8 Å². The fourth-order valence-corrected chi connectivity index (χ4v) is 40.9. The normalized spacial score (nSPS) is 45.2. The second-order valence-corrected chi connectivity index (χ2v) is 60.3. The molecule has 12 saturated carbocycles. The highest BCUT2D eigenvalue weighted by atomic mass is 35.5. The number of hydrogen-bond donors (Lipinski definition) is 4. The maximum atomic E-state index is 14.5. The van der Waals surface area contributed by atoms with Crippen LogP contribution in [0.1, 0.15) is 374 Å². The van der Waals surface area contributed by atoms with Crippen molar-refractivity contribution in [3.63, 3.8) is 0 Å². The van der Waals surface area contributed by atoms with Crippen molar-refractivity contribution in [3.05, 3.63) is 139 Å². The second-order valence-electron chi connectivity index (χ2n) is 59.9. The summed E-state index contributed by atoms with van der Waals surface area (Å²) in [6.45, 7) is 89.9. The lowest BCUT2D eigenvalue weighted by atomic mass is 9.34. The van der Waals surface area contributed by atoms with Crippen LogP contribution in [-0.2, 0) is 62.3 Å². The van der Waals surface area contributed by atoms with Crippen LogP contribution in [-0.4, -0.2) is 93.4 Å². The van der Waals surface area contributed by atoms with Gasteiger partial charge >= 0.3 is 5.97 Å². The largest absolute Gasteiger partial charge is 0.481 e. The van der Waals surface area contributed by atoms with Crippen molar-refractivity contribution >= 4 is 86.7 Å². The molecule has 21 nitrogen and oxygen atoms in total. The number of rotatable bonds is 7. The van der Waals surface area contributed by atoms with Gasteiger partial charge in [-0.1, -0.05) is 240 Å². The number of carbonyl (C=O) groups is 13. The minimum atomic E-state index is -1.16. The molecule has 0 bridgehead atoms. The Balaban J connectivity index is 0.000000136. The molecule has 150 heavy (non-hydrogen) atoms. The molecular formula is C127H169ClFN7O14. The summed E-state index contributed by atoms with van der Waals surface area (Å²) in [6, 6.07) is 0. The van der Waals surface area contributed by atoms with Crippen molar-refractivity contribution < 1.29 is 71.8 Å². The monoisotopic (exact) mass is 2070 g/mol. The molecule has 0 radical (unpaired) electrons. The molecule has 0 aromatic rings. The van der Waals surface area contributed by atoms with E-state index in [9.17, 15) is 71.8 Å². The number of nitrogens with one attached hydrogen (secondary N) is 2. The number of alkyl halides is 1. The number of carboxylic acids is 1. The highest BCUT2D eigenvalue weighted by Gasteiger charge is 2.78. The van der Waals surface area contributed by atoms with E-state index in [1.807, 2.05) is 104 Å². The number of fused-ring (bicyclic) bond motifs is 28. The zero-order valence-electron chi connectivity index (χ0n) is 95.1. The zero-order valence-corrected chi connectivity index (χ0v) is 95.9. The highest BCUT2D eigenvalue weighted by molar-refractivity contribution is 6.64. The molecule has 810 valence electrons. The number of hydrazine groups is 1. The van der Waals surface area contributed by atoms with Gasteiger partial charge in [0.1, 0.15) is 0 Å². The molecule has 23 heteroatoms. The first kappa shape index (κ1) is 112. The predicted octanol–water partition coefficient (Wildman–Crippen LogP) is 25.7. The molecule has 5 N–H and O–H groups in total. The molecule has 0 unspecified atom stereocenters. The lowest BCUT2D eigenvalue weighted by molar-refractivity contribution is -0.189. The van der Waals surface area contributed by atoms with Crippen molar-refractivity contribution in [2.75, 3.05) is 13.2 Å². The van der Waals surface area contributed by atoms with Crippen LogP contribution in [0.5, 0.6) is 0 Å². The zero-order chi connectivity index (χ0) is 111. The SMILES string of the molecule is [C-]#[N+]C1=C[C@]2(C)C3=CC(=O)[C@@H]4[C@@H]5CC(C)(C)CC[C@]5(C(=O)CNC(=O)CF)CC[C@@]4(C)[C@]3(C)CC[C@H]2C(C)(C)C1=O.[C-]#[N+]C1=C[C@]2(C)C3=CC(=O)[C@@H]4[C@@H]5CC(C)(C)CC[C@]5(C(=O)Cl)CC[C@@]4(C)[C@]3(C)CC[C@H]2C(C)(C)C1=O.[C-]#[N+]C1=C[C@]2(C)C3=CC(=O)[C@@H]4[C@@H]5CC(C)(C)CC[C@]5(C(=O)NN)CC[C@@]4(C)[C@]3(C)CC[C@H]2C(C)(C)C1=O.[C-]#[N+]C1=C[C@]2(C)C3=CC(=O)[C@@H]4[C@@H]5CC(C)(C)CC[C@]5(C(=O)O)CC[C@@]4(C)[C@]3(C)CC[C@H]2C(C)(C)C1=O. The number of carbonyl (C=O) groups excluding carboxylic acids is 12. The van der Waals surface area contributed by atoms with Crippen LogP contribution in [0.25, 0.3) is 19.4 Å². The van der Waals surface area contributed by atoms with Gasteiger partial charge in [-0.15, -0.1) is 0 Å². The third-order valence-corrected chi connectivity index (χ3v) is 50.3. The van der Waals surface area contributed by atoms with Gasteiger partial charge in [-0.2, -0.15) is 0 Å². The minimum Gasteiger partial charge on any atom is -0.481 e. The van der Waals surface area contributed by atoms with Gasteiger partial charge in [0.15, 0.2) is 58.7 Å². The standard InChI is InChI=1S/C34H45FN2O4.C31H40ClNO3.C31H43N3O3.C31H41NO4/c1-29(2)11-13-34(25(39)19-37-26(40)18-35)14-12-33(7)27(20(34)16-29)22(38)15-24-31(5)17-21(36-8)28(41)30(3,4)23(31)9-10-32(24,33)6;1-26(2)11-13-31(25(32)36)14-12-30(7)23(18(31)16-26)20(34)15-22-28(5)17-19(33-8)24(35)27(3,4)21(28)9-10-29(22,30)6;1-26(2)11-13-31(25(37)34-32)14-12-30(7)23(18(31)16-26)20(35)15-22-28(5)17-19(33-8)24(36)27(3,4)21(28)9-10-29(22,30)6;1-26(2)11-13-31(25(35)36)14-12-30(7)23(18(31)16-26)20(33)15-22-28(5)17-19(32-8)24(34)27(3,4)21(28)9-10-29(22,30)6/h15,17,20,23,27H,9-14,16,18-19H2,1-7H3,(H,37,40);15,17-18,21,23H,9-14,16H2,1-7H3;15,17-18,21,23H,9-14,16,32H2,1-7H3,(H,34,37);15,17-18,21,23H,9-14,16H2,1-7H3,(H,35,36)/t20-,23-,27-,31-,32+,33+,34-;3*18-,21-,23-,28-,29+,30+,31-/m0000/s1. The fraction of sp³-hybridized carbons (Fsp3) is 0.740. The van der Waals surface area contributed by atoms with Crippen molar-refractivity contribution in [2.45, 2.75) is 374 Å². The Morgan fingerprint density at radius 2 is 0.573 bits per heavy atom. The Kier molecular flexibility index (Phi) is 26.3. The van der Waals surface area contributed by atoms with Crippen molar-refractivity contribution in [3.8, 4) is 0 Å². The Bertz CT molecular complexity index is 6240. The molecule has 28 atom stereocenters. The summed E-state index contributed by atoms with van der Waals surface area (Å²) < 4.78 is 12.9. The Labute approximate surface area is 896 Å². The van der Waals surface area contributed by atoms with Gasteiger partial charge in [0.2, 0.25) is 33.9 Å². The average Bonchev–Trinajstić information content (AvgIpc) is 0.663. The number of hydrogen-bond acceptors (Lipinski definition) is 14. The minimum absolute atomic E-state index is 0.0116. The van der Waals surface area contributed by atoms with Crippen LogP contribution in [0.2, 0.25) is 0 Å². The first-order chi connectivity index (χ1) is 69.0. The topological polar surface area (TPSA) is 310 Å². The second kappa shape index (κ2) is 35.1. The number of allylic oxidation sites excluding steroid dienone is 16. The smallest absolute Gasteiger partial charge is 0.309 e. The average molecular weight is 2070 g/mol. The van der Waals surface area contributed by atoms with E-state index in [-0.39, 0.29) is 223 Å². The molecule has 0 heterocycles. The van der Waals surface area contributed by atoms with Gasteiger partial charge in [-0.3, -0.25) is 48.6 Å². The van der Waals surface area contributed by atoms with Gasteiger partial charge < -0.3 is 29.6 Å². The van der Waals surface area contributed by atoms with Crippen LogP contribution in [0.4, 0.5) is 4.39 Å². The Hall–Kier alpha value is -8.83. The van der Waals surface area contributed by atoms with Gasteiger partial charge in [0.05, 0.1) is 43.7 Å². The maximum absolute atomic E-state index is 14.5. The van der Waals surface area contributed by atoms with E-state index in [2.05, 4.69) is 169 Å². The number of ketones is 9. The van der Waals surface area contributed by atoms with E-state index in [0.717, 1.165) is 164 Å². The van der Waals surface area contributed by atoms with Gasteiger partial charge in [0.25, 0.3) is 5.91 Å². The molecule has 0 aromatic carbocycles. The summed E-state index contributed by atoms with van der Waals surface area (Å²) in [5, 5.41) is 12.7. The molecule has 0 aliphatic heterocycles. The third kappa shape index (κ3) is 15.0. The summed E-state index contributed by atoms with van der Waals surface area (Å²) in [7, 11) is 0. The number of amides is 2. The summed E-state index contributed by atoms with van der Waals surface area (Å²) in [4.78, 5) is 189. The summed E-state index contributed by atoms with van der Waals surface area (Å²) in [5.74, 6) is 2.40. The van der Waals surface area contributed by atoms with Crippen LogP contribution in [0, 0.1) is 227 Å². The Morgan fingerprint density at radius 1 is 0.347 bits per heavy atom. The predicted molar refractivity (Wildman–Crippen MR) is 574 cm³/mol. The van der Waals surface area contributed by atoms with Crippen LogP contribution in [0.15, 0.2) is 93.7 Å². The first-order valence-corrected chi connectivity index (χ1v) is 56.8. The molecule has 20 aliphatic rings. The Morgan fingerprint density at radius 3 is 0.833 bits per heavy atom. The lowest BCUT2D eigenvalue weighted by Gasteiger charge is -2.69. The fourth-order valence-electron chi connectivity index (χ4n) is 40.5. The van der Waals surface area contributed by atoms with E-state index >= 15 is 0 Å². The highest BCUT2D eigenvalue weighted by Crippen LogP contribution is 2.82. The molecule has 20 rings (SSSR count). The van der Waals surface area contributed by atoms with E-state index < -0.39 is 88.9 Å². The first-order valence-electron chi connectivity index (χ1n) is 56.4. The van der Waals surface area contributed by atoms with Crippen molar-refractivity contribution in [1.29, 1.82) is 0 Å². The van der Waals surface area contributed by atoms with Crippen molar-refractivity contribution in [2.24, 2.45) is 207 Å². The van der Waals surface area contributed by atoms with Crippen molar-refractivity contribution in [1.82, 2.24) is 10.7 Å². The number of nitrogens with two attached hydrogens (primary N) is 1. The molecule has 0 aromatic heterocycles. The summed E-state index contributed by atoms with van der Waals surface area (Å²) in [6.07, 6.45) is 37.1. The maximum Gasteiger partial charge on any atom is 0.309 e. The van der Waals surface area contributed by atoms with Crippen LogP contribution >= 0.6 is 11.6 Å². The number of nitrogens with zero attached hydrogens (tertiary/aromatic N) is 4. The number of halogens is 2. The van der Waals surface area contributed by atoms with Crippen LogP contribution < -0.4 is 16.6 Å². The lowest BCUT2D eigenvalue weighted by Crippen LogP contribution is -2.66. The van der Waals surface area contributed by atoms with E-state index in [1.54, 1.807) is 0 Å². The summed E-state index contributed by atoms with van der Waals surface area (Å²) in [5.41, 5.74) is -2.70. The number of carboxylic acid groups (broad SMARTS) is 1. The molecule has 12 fully saturated rings.